The molecule has 2 rings (SSSR count). The number of carbonyl (C=O) groups excluding carboxylic acids is 3. The van der Waals surface area contributed by atoms with Crippen molar-refractivity contribution in [2.45, 2.75) is 38.5 Å². The molecule has 2 aromatic rings. The summed E-state index contributed by atoms with van der Waals surface area (Å²) in [7, 11) is -2.82. The van der Waals surface area contributed by atoms with E-state index in [1.807, 2.05) is 60.7 Å². The number of ether oxygens (including phenoxy) is 4. The number of nitrogens with zero attached hydrogens (tertiary/aromatic N) is 1. The van der Waals surface area contributed by atoms with Crippen molar-refractivity contribution >= 4 is 25.8 Å². The molecule has 0 heterocycles. The molecule has 0 atom stereocenters. The van der Waals surface area contributed by atoms with Gasteiger partial charge in [-0.15, -0.1) is 0 Å². The van der Waals surface area contributed by atoms with Gasteiger partial charge in [-0.05, 0) is 43.2 Å². The standard InChI is InChI=1S/C27H36NO11P/c1-28(32)25(29)17-10-20-40(33,38-21-36-26(30)34-18-8-15-23-11-4-2-5-12-23)39-22-37-27(31)35-19-9-16-24-13-6-3-7-14-24/h2-7,11-14,32H,8-10,15-22H2,1H3. The van der Waals surface area contributed by atoms with Gasteiger partial charge in [-0.1, -0.05) is 60.7 Å². The van der Waals surface area contributed by atoms with Crippen LogP contribution in [-0.2, 0) is 50.2 Å². The first-order valence-electron chi connectivity index (χ1n) is 12.8. The van der Waals surface area contributed by atoms with Crippen LogP contribution in [0.15, 0.2) is 60.7 Å². The molecule has 0 aliphatic rings. The minimum absolute atomic E-state index is 0.00881. The Labute approximate surface area is 233 Å². The largest absolute Gasteiger partial charge is 0.510 e. The first-order valence-corrected chi connectivity index (χ1v) is 14.5. The third kappa shape index (κ3) is 14.6. The number of hydroxylamine groups is 2. The molecule has 0 unspecified atom stereocenters. The summed E-state index contributed by atoms with van der Waals surface area (Å²) < 4.78 is 42.9. The zero-order valence-corrected chi connectivity index (χ0v) is 23.4. The van der Waals surface area contributed by atoms with Crippen LogP contribution < -0.4 is 0 Å². The molecule has 1 amide bonds. The molecule has 2 aromatic carbocycles. The average Bonchev–Trinajstić information content (AvgIpc) is 2.94. The van der Waals surface area contributed by atoms with E-state index in [2.05, 4.69) is 0 Å². The van der Waals surface area contributed by atoms with Gasteiger partial charge in [-0.3, -0.25) is 23.6 Å². The fourth-order valence-corrected chi connectivity index (χ4v) is 4.60. The second kappa shape index (κ2) is 18.8. The summed E-state index contributed by atoms with van der Waals surface area (Å²) in [6, 6.07) is 19.3. The van der Waals surface area contributed by atoms with Crippen molar-refractivity contribution in [2.24, 2.45) is 0 Å². The predicted molar refractivity (Wildman–Crippen MR) is 143 cm³/mol. The second-order valence-corrected chi connectivity index (χ2v) is 10.7. The lowest BCUT2D eigenvalue weighted by Crippen LogP contribution is -2.22. The molecule has 0 aliphatic heterocycles. The maximum Gasteiger partial charge on any atom is 0.510 e. The highest BCUT2D eigenvalue weighted by Gasteiger charge is 2.27. The molecular weight excluding hydrogens is 545 g/mol. The third-order valence-electron chi connectivity index (χ3n) is 5.38. The van der Waals surface area contributed by atoms with E-state index in [4.69, 9.17) is 28.0 Å². The lowest BCUT2D eigenvalue weighted by atomic mass is 10.1. The molecule has 0 bridgehead atoms. The monoisotopic (exact) mass is 581 g/mol. The van der Waals surface area contributed by atoms with Gasteiger partial charge in [0, 0.05) is 13.5 Å². The number of benzene rings is 2. The molecule has 12 nitrogen and oxygen atoms in total. The Morgan fingerprint density at radius 1 is 0.725 bits per heavy atom. The van der Waals surface area contributed by atoms with E-state index in [9.17, 15) is 24.2 Å². The number of aryl methyl sites for hydroxylation is 2. The van der Waals surface area contributed by atoms with Crippen molar-refractivity contribution < 1.29 is 52.2 Å². The van der Waals surface area contributed by atoms with Crippen LogP contribution in [0.3, 0.4) is 0 Å². The Bertz CT molecular complexity index is 997. The van der Waals surface area contributed by atoms with Crippen molar-refractivity contribution in [1.82, 2.24) is 5.06 Å². The van der Waals surface area contributed by atoms with Crippen LogP contribution in [0.5, 0.6) is 0 Å². The maximum atomic E-state index is 13.1. The highest BCUT2D eigenvalue weighted by molar-refractivity contribution is 7.53. The third-order valence-corrected chi connectivity index (χ3v) is 7.24. The van der Waals surface area contributed by atoms with Crippen LogP contribution in [0.4, 0.5) is 9.59 Å². The van der Waals surface area contributed by atoms with Crippen molar-refractivity contribution in [3.63, 3.8) is 0 Å². The quantitative estimate of drug-likeness (QED) is 0.0608. The lowest BCUT2D eigenvalue weighted by molar-refractivity contribution is -0.159. The molecule has 0 saturated heterocycles. The van der Waals surface area contributed by atoms with Crippen LogP contribution in [0.25, 0.3) is 0 Å². The smallest absolute Gasteiger partial charge is 0.434 e. The van der Waals surface area contributed by atoms with Crippen LogP contribution in [0.1, 0.15) is 36.8 Å². The normalized spacial score (nSPS) is 10.9. The Morgan fingerprint density at radius 3 is 1.60 bits per heavy atom. The van der Waals surface area contributed by atoms with Crippen LogP contribution in [0.2, 0.25) is 0 Å². The number of carbonyl (C=O) groups is 3. The van der Waals surface area contributed by atoms with Gasteiger partial charge in [0.1, 0.15) is 0 Å². The van der Waals surface area contributed by atoms with Gasteiger partial charge in [0.2, 0.25) is 19.5 Å². The van der Waals surface area contributed by atoms with Gasteiger partial charge in [-0.2, -0.15) is 0 Å². The summed E-state index contributed by atoms with van der Waals surface area (Å²) in [5, 5.41) is 9.57. The average molecular weight is 582 g/mol. The summed E-state index contributed by atoms with van der Waals surface area (Å²) in [6.45, 7) is -1.29. The Kier molecular flexibility index (Phi) is 15.4. The lowest BCUT2D eigenvalue weighted by Gasteiger charge is -2.18. The number of hydrogen-bond donors (Lipinski definition) is 1. The minimum Gasteiger partial charge on any atom is -0.434 e. The van der Waals surface area contributed by atoms with Gasteiger partial charge in [0.25, 0.3) is 0 Å². The molecular formula is C27H36NO11P. The van der Waals surface area contributed by atoms with Gasteiger partial charge in [-0.25, -0.2) is 14.7 Å². The molecule has 0 aliphatic carbocycles. The van der Waals surface area contributed by atoms with Crippen molar-refractivity contribution in [3.05, 3.63) is 71.8 Å². The summed E-state index contributed by atoms with van der Waals surface area (Å²) >= 11 is 0. The van der Waals surface area contributed by atoms with Gasteiger partial charge < -0.3 is 18.9 Å². The van der Waals surface area contributed by atoms with E-state index in [1.54, 1.807) is 0 Å². The first-order chi connectivity index (χ1) is 19.3. The van der Waals surface area contributed by atoms with E-state index < -0.39 is 39.4 Å². The molecule has 0 radical (unpaired) electrons. The number of rotatable bonds is 18. The van der Waals surface area contributed by atoms with E-state index in [-0.39, 0.29) is 32.2 Å². The molecule has 0 spiro atoms. The zero-order valence-electron chi connectivity index (χ0n) is 22.5. The Balaban J connectivity index is 1.70. The maximum absolute atomic E-state index is 13.1. The molecule has 40 heavy (non-hydrogen) atoms. The zero-order chi connectivity index (χ0) is 29.1. The molecule has 13 heteroatoms. The highest BCUT2D eigenvalue weighted by Crippen LogP contribution is 2.49. The van der Waals surface area contributed by atoms with Crippen LogP contribution in [-0.4, -0.2) is 68.5 Å². The summed E-state index contributed by atoms with van der Waals surface area (Å²) in [5.74, 6) is -0.614. The summed E-state index contributed by atoms with van der Waals surface area (Å²) in [5.41, 5.74) is 2.20. The van der Waals surface area contributed by atoms with Crippen molar-refractivity contribution in [1.29, 1.82) is 0 Å². The van der Waals surface area contributed by atoms with E-state index in [0.717, 1.165) is 18.2 Å². The Morgan fingerprint density at radius 2 is 1.18 bits per heavy atom. The van der Waals surface area contributed by atoms with E-state index in [1.165, 1.54) is 0 Å². The molecule has 1 N–H and O–H groups in total. The topological polar surface area (TPSA) is 147 Å². The summed E-state index contributed by atoms with van der Waals surface area (Å²) in [4.78, 5) is 35.2. The second-order valence-electron chi connectivity index (χ2n) is 8.51. The fourth-order valence-electron chi connectivity index (χ4n) is 3.30. The van der Waals surface area contributed by atoms with Crippen molar-refractivity contribution in [3.8, 4) is 0 Å². The van der Waals surface area contributed by atoms with E-state index in [0.29, 0.717) is 30.7 Å². The van der Waals surface area contributed by atoms with Gasteiger partial charge in [0.05, 0.1) is 19.4 Å². The Hall–Kier alpha value is -3.44. The molecule has 0 aromatic heterocycles. The first kappa shape index (κ1) is 32.8. The predicted octanol–water partition coefficient (Wildman–Crippen LogP) is 5.33. The number of hydrogen-bond acceptors (Lipinski definition) is 11. The minimum atomic E-state index is -3.98. The van der Waals surface area contributed by atoms with Crippen LogP contribution in [0, 0.1) is 0 Å². The summed E-state index contributed by atoms with van der Waals surface area (Å²) in [6.07, 6.45) is 0.114. The van der Waals surface area contributed by atoms with Gasteiger partial charge in [0.15, 0.2) is 0 Å². The highest BCUT2D eigenvalue weighted by atomic mass is 31.2. The SMILES string of the molecule is CN(O)C(=O)CCCP(=O)(OCOC(=O)OCCCc1ccccc1)OCOC(=O)OCCCc1ccccc1. The molecule has 0 saturated carbocycles. The molecule has 220 valence electrons. The fraction of sp³-hybridized carbons (Fsp3) is 0.444. The van der Waals surface area contributed by atoms with Crippen molar-refractivity contribution in [2.75, 3.05) is 40.0 Å². The number of amides is 1. The van der Waals surface area contributed by atoms with Crippen LogP contribution >= 0.6 is 7.60 Å². The molecule has 0 fully saturated rings. The van der Waals surface area contributed by atoms with Gasteiger partial charge >= 0.3 is 19.9 Å². The van der Waals surface area contributed by atoms with E-state index >= 15 is 0 Å².